The van der Waals surface area contributed by atoms with Gasteiger partial charge in [-0.25, -0.2) is 0 Å². The molecule has 1 aliphatic heterocycles. The largest absolute Gasteiger partial charge is 0.469 e. The van der Waals surface area contributed by atoms with E-state index in [1.165, 1.54) is 7.11 Å². The van der Waals surface area contributed by atoms with Crippen molar-refractivity contribution in [1.82, 2.24) is 4.90 Å². The number of ketones is 1. The number of esters is 1. The smallest absolute Gasteiger partial charge is 0.305 e. The summed E-state index contributed by atoms with van der Waals surface area (Å²) >= 11 is 0. The zero-order chi connectivity index (χ0) is 18.9. The fraction of sp³-hybridized carbons (Fsp3) is 0.500. The topological polar surface area (TPSA) is 80.8 Å². The third-order valence-corrected chi connectivity index (χ3v) is 4.53. The number of benzene rings is 1. The van der Waals surface area contributed by atoms with Crippen molar-refractivity contribution in [3.8, 4) is 0 Å². The summed E-state index contributed by atoms with van der Waals surface area (Å²) < 4.78 is 4.58. The summed E-state index contributed by atoms with van der Waals surface area (Å²) in [6.45, 7) is -0.147. The molecule has 1 heterocycles. The lowest BCUT2D eigenvalue weighted by Crippen LogP contribution is -2.34. The molecule has 1 aromatic carbocycles. The van der Waals surface area contributed by atoms with Gasteiger partial charge < -0.3 is 4.74 Å². The predicted octanol–water partition coefficient (Wildman–Crippen LogP) is 3.15. The predicted molar refractivity (Wildman–Crippen MR) is 95.8 cm³/mol. The molecule has 26 heavy (non-hydrogen) atoms. The van der Waals surface area contributed by atoms with E-state index in [0.717, 1.165) is 43.4 Å². The number of imide groups is 1. The number of carbonyl (C=O) groups excluding carboxylic acids is 4. The highest BCUT2D eigenvalue weighted by Crippen LogP contribution is 2.22. The fourth-order valence-corrected chi connectivity index (χ4v) is 3.04. The molecule has 0 aromatic heterocycles. The third-order valence-electron chi connectivity index (χ3n) is 4.53. The summed E-state index contributed by atoms with van der Waals surface area (Å²) in [5, 5.41) is 0. The molecule has 0 saturated carbocycles. The van der Waals surface area contributed by atoms with Gasteiger partial charge in [-0.15, -0.1) is 0 Å². The normalized spacial score (nSPS) is 13.0. The molecule has 0 fully saturated rings. The van der Waals surface area contributed by atoms with Gasteiger partial charge in [0.2, 0.25) is 0 Å². The Hall–Kier alpha value is -2.50. The summed E-state index contributed by atoms with van der Waals surface area (Å²) in [7, 11) is 1.39. The first-order valence-electron chi connectivity index (χ1n) is 9.08. The highest BCUT2D eigenvalue weighted by molar-refractivity contribution is 6.22. The summed E-state index contributed by atoms with van der Waals surface area (Å²) in [6, 6.07) is 6.64. The fourth-order valence-electron chi connectivity index (χ4n) is 3.04. The molecule has 1 aliphatic rings. The van der Waals surface area contributed by atoms with Crippen molar-refractivity contribution in [3.05, 3.63) is 35.4 Å². The van der Waals surface area contributed by atoms with Gasteiger partial charge in [-0.05, 0) is 25.0 Å². The van der Waals surface area contributed by atoms with Gasteiger partial charge in [0, 0.05) is 12.8 Å². The van der Waals surface area contributed by atoms with Crippen LogP contribution in [0.1, 0.15) is 72.1 Å². The summed E-state index contributed by atoms with van der Waals surface area (Å²) in [6.07, 6.45) is 6.31. The van der Waals surface area contributed by atoms with E-state index in [1.54, 1.807) is 24.3 Å². The maximum Gasteiger partial charge on any atom is 0.305 e. The van der Waals surface area contributed by atoms with Crippen LogP contribution in [0.5, 0.6) is 0 Å². The number of ether oxygens (including phenoxy) is 1. The van der Waals surface area contributed by atoms with Gasteiger partial charge in [0.25, 0.3) is 11.8 Å². The molecule has 2 rings (SSSR count). The molecule has 0 bridgehead atoms. The van der Waals surface area contributed by atoms with Crippen molar-refractivity contribution in [3.63, 3.8) is 0 Å². The van der Waals surface area contributed by atoms with Crippen LogP contribution in [-0.4, -0.2) is 42.1 Å². The highest BCUT2D eigenvalue weighted by Gasteiger charge is 2.35. The molecule has 0 atom stereocenters. The van der Waals surface area contributed by atoms with Gasteiger partial charge >= 0.3 is 5.97 Å². The summed E-state index contributed by atoms with van der Waals surface area (Å²) in [4.78, 5) is 48.5. The minimum atomic E-state index is -0.385. The number of carbonyl (C=O) groups is 4. The third kappa shape index (κ3) is 5.25. The second-order valence-electron chi connectivity index (χ2n) is 6.48. The lowest BCUT2D eigenvalue weighted by molar-refractivity contribution is -0.140. The number of Topliss-reactive ketones (excluding diaryl/α,β-unsaturated/α-hetero) is 1. The van der Waals surface area contributed by atoms with Crippen molar-refractivity contribution < 1.29 is 23.9 Å². The first kappa shape index (κ1) is 19.8. The Morgan fingerprint density at radius 2 is 1.35 bits per heavy atom. The Morgan fingerprint density at radius 1 is 0.846 bits per heavy atom. The Kier molecular flexibility index (Phi) is 7.51. The number of methoxy groups -OCH3 is 1. The Bertz CT molecular complexity index is 648. The zero-order valence-corrected chi connectivity index (χ0v) is 15.2. The van der Waals surface area contributed by atoms with Gasteiger partial charge in [0.15, 0.2) is 5.78 Å². The number of nitrogens with zero attached hydrogens (tertiary/aromatic N) is 1. The lowest BCUT2D eigenvalue weighted by Gasteiger charge is -2.12. The first-order valence-corrected chi connectivity index (χ1v) is 9.08. The van der Waals surface area contributed by atoms with E-state index >= 15 is 0 Å². The SMILES string of the molecule is COC(=O)CCCCCCCCC(=O)CN1C(=O)c2ccccc2C1=O. The van der Waals surface area contributed by atoms with E-state index in [4.69, 9.17) is 0 Å². The van der Waals surface area contributed by atoms with Gasteiger partial charge in [0.1, 0.15) is 0 Å². The van der Waals surface area contributed by atoms with Crippen molar-refractivity contribution in [2.75, 3.05) is 13.7 Å². The number of amides is 2. The molecule has 0 saturated heterocycles. The number of rotatable bonds is 11. The van der Waals surface area contributed by atoms with E-state index in [1.807, 2.05) is 0 Å². The molecule has 6 heteroatoms. The minimum Gasteiger partial charge on any atom is -0.469 e. The Balaban J connectivity index is 1.61. The van der Waals surface area contributed by atoms with Crippen LogP contribution in [-0.2, 0) is 14.3 Å². The molecule has 0 radical (unpaired) electrons. The van der Waals surface area contributed by atoms with Gasteiger partial charge in [-0.2, -0.15) is 0 Å². The second-order valence-corrected chi connectivity index (χ2v) is 6.48. The maximum absolute atomic E-state index is 12.2. The molecule has 0 spiro atoms. The van der Waals surface area contributed by atoms with Crippen LogP contribution < -0.4 is 0 Å². The Morgan fingerprint density at radius 3 is 1.88 bits per heavy atom. The second kappa shape index (κ2) is 9.85. The Labute approximate surface area is 153 Å². The van der Waals surface area contributed by atoms with Crippen molar-refractivity contribution in [1.29, 1.82) is 0 Å². The molecule has 1 aromatic rings. The number of fused-ring (bicyclic) bond motifs is 1. The average Bonchev–Trinajstić information content (AvgIpc) is 2.89. The molecular formula is C20H25NO5. The summed E-state index contributed by atoms with van der Waals surface area (Å²) in [5.41, 5.74) is 0.745. The van der Waals surface area contributed by atoms with Gasteiger partial charge in [-0.1, -0.05) is 37.8 Å². The van der Waals surface area contributed by atoms with Crippen molar-refractivity contribution in [2.24, 2.45) is 0 Å². The van der Waals surface area contributed by atoms with Crippen LogP contribution in [0, 0.1) is 0 Å². The van der Waals surface area contributed by atoms with Crippen molar-refractivity contribution in [2.45, 2.75) is 51.4 Å². The van der Waals surface area contributed by atoms with Crippen LogP contribution in [0.15, 0.2) is 24.3 Å². The van der Waals surface area contributed by atoms with E-state index in [9.17, 15) is 19.2 Å². The number of hydrogen-bond donors (Lipinski definition) is 0. The molecule has 6 nitrogen and oxygen atoms in total. The van der Waals surface area contributed by atoms with Crippen molar-refractivity contribution >= 4 is 23.6 Å². The van der Waals surface area contributed by atoms with Crippen LogP contribution in [0.25, 0.3) is 0 Å². The van der Waals surface area contributed by atoms with Crippen LogP contribution in [0.2, 0.25) is 0 Å². The molecule has 0 N–H and O–H groups in total. The highest BCUT2D eigenvalue weighted by atomic mass is 16.5. The molecule has 140 valence electrons. The van der Waals surface area contributed by atoms with Gasteiger partial charge in [-0.3, -0.25) is 24.1 Å². The minimum absolute atomic E-state index is 0.0924. The average molecular weight is 359 g/mol. The number of unbranched alkanes of at least 4 members (excludes halogenated alkanes) is 5. The lowest BCUT2D eigenvalue weighted by atomic mass is 10.1. The van der Waals surface area contributed by atoms with Crippen LogP contribution in [0.4, 0.5) is 0 Å². The summed E-state index contributed by atoms with van der Waals surface area (Å²) in [5.74, 6) is -1.04. The quantitative estimate of drug-likeness (QED) is 0.344. The first-order chi connectivity index (χ1) is 12.5. The van der Waals surface area contributed by atoms with E-state index in [-0.39, 0.29) is 30.1 Å². The van der Waals surface area contributed by atoms with E-state index in [0.29, 0.717) is 24.0 Å². The maximum atomic E-state index is 12.2. The molecule has 0 aliphatic carbocycles. The van der Waals surface area contributed by atoms with Crippen LogP contribution >= 0.6 is 0 Å². The van der Waals surface area contributed by atoms with Crippen LogP contribution in [0.3, 0.4) is 0 Å². The van der Waals surface area contributed by atoms with E-state index in [2.05, 4.69) is 4.74 Å². The number of hydrogen-bond acceptors (Lipinski definition) is 5. The molecule has 2 amide bonds. The molecular weight excluding hydrogens is 334 g/mol. The van der Waals surface area contributed by atoms with Gasteiger partial charge in [0.05, 0.1) is 24.8 Å². The van der Waals surface area contributed by atoms with E-state index < -0.39 is 0 Å². The molecule has 0 unspecified atom stereocenters. The standard InChI is InChI=1S/C20H25NO5/c1-26-18(23)13-7-5-3-2-4-6-10-15(22)14-21-19(24)16-11-8-9-12-17(16)20(21)25/h8-9,11-12H,2-7,10,13-14H2,1H3. The zero-order valence-electron chi connectivity index (χ0n) is 15.2. The monoisotopic (exact) mass is 359 g/mol.